The van der Waals surface area contributed by atoms with Crippen LogP contribution in [0.5, 0.6) is 0 Å². The first-order valence-corrected chi connectivity index (χ1v) is 9.85. The minimum absolute atomic E-state index is 0.0918. The van der Waals surface area contributed by atoms with Crippen molar-refractivity contribution in [1.82, 2.24) is 19.8 Å². The lowest BCUT2D eigenvalue weighted by molar-refractivity contribution is -0.00833. The molecule has 0 amide bonds. The first-order valence-electron chi connectivity index (χ1n) is 9.85. The van der Waals surface area contributed by atoms with Crippen molar-refractivity contribution < 1.29 is 4.74 Å². The predicted molar refractivity (Wildman–Crippen MR) is 109 cm³/mol. The second kappa shape index (κ2) is 9.55. The van der Waals surface area contributed by atoms with Gasteiger partial charge in [-0.3, -0.25) is 4.99 Å². The summed E-state index contributed by atoms with van der Waals surface area (Å²) in [6.07, 6.45) is 6.75. The number of aromatic nitrogens is 2. The Labute approximate surface area is 162 Å². The molecule has 1 atom stereocenters. The summed E-state index contributed by atoms with van der Waals surface area (Å²) in [6.45, 7) is 11.4. The molecule has 0 saturated carbocycles. The van der Waals surface area contributed by atoms with Crippen LogP contribution in [0.15, 0.2) is 41.9 Å². The molecule has 1 N–H and O–H groups in total. The maximum Gasteiger partial charge on any atom is 0.194 e. The number of guanidine groups is 1. The summed E-state index contributed by atoms with van der Waals surface area (Å²) < 4.78 is 8.17. The summed E-state index contributed by atoms with van der Waals surface area (Å²) in [5.74, 6) is 0.987. The Hall–Kier alpha value is -2.34. The van der Waals surface area contributed by atoms with Gasteiger partial charge in [-0.2, -0.15) is 0 Å². The Morgan fingerprint density at radius 1 is 1.37 bits per heavy atom. The van der Waals surface area contributed by atoms with E-state index in [4.69, 9.17) is 9.73 Å². The molecule has 1 aliphatic rings. The van der Waals surface area contributed by atoms with E-state index in [0.29, 0.717) is 0 Å². The zero-order valence-electron chi connectivity index (χ0n) is 16.7. The van der Waals surface area contributed by atoms with Crippen LogP contribution in [0.2, 0.25) is 0 Å². The Morgan fingerprint density at radius 3 is 3.00 bits per heavy atom. The number of hydrogen-bond donors (Lipinski definition) is 1. The maximum atomic E-state index is 6.08. The number of rotatable bonds is 6. The minimum atomic E-state index is 0.0918. The monoisotopic (exact) mass is 369 g/mol. The molecule has 6 heteroatoms. The van der Waals surface area contributed by atoms with Crippen molar-refractivity contribution in [2.75, 3.05) is 32.8 Å². The normalized spacial score (nSPS) is 18.0. The SMILES string of the molecule is CCNC(=NCCCn1ccnc1)N1CCOC(c2ccc(C)cc2C)C1. The van der Waals surface area contributed by atoms with Gasteiger partial charge in [0, 0.05) is 38.6 Å². The lowest BCUT2D eigenvalue weighted by atomic mass is 10.00. The second-order valence-corrected chi connectivity index (χ2v) is 7.06. The average molecular weight is 370 g/mol. The van der Waals surface area contributed by atoms with Gasteiger partial charge in [-0.25, -0.2) is 4.98 Å². The number of hydrogen-bond acceptors (Lipinski definition) is 3. The van der Waals surface area contributed by atoms with E-state index in [-0.39, 0.29) is 6.10 Å². The van der Waals surface area contributed by atoms with E-state index < -0.39 is 0 Å². The van der Waals surface area contributed by atoms with E-state index in [1.54, 1.807) is 0 Å². The van der Waals surface area contributed by atoms with Crippen LogP contribution < -0.4 is 5.32 Å². The van der Waals surface area contributed by atoms with Gasteiger partial charge in [-0.05, 0) is 38.3 Å². The molecule has 0 bridgehead atoms. The highest BCUT2D eigenvalue weighted by Crippen LogP contribution is 2.25. The highest BCUT2D eigenvalue weighted by molar-refractivity contribution is 5.80. The average Bonchev–Trinajstić information content (AvgIpc) is 3.18. The molecule has 0 radical (unpaired) electrons. The van der Waals surface area contributed by atoms with Crippen molar-refractivity contribution in [2.24, 2.45) is 4.99 Å². The fourth-order valence-corrected chi connectivity index (χ4v) is 3.50. The summed E-state index contributed by atoms with van der Waals surface area (Å²) in [6, 6.07) is 6.60. The zero-order valence-corrected chi connectivity index (χ0v) is 16.7. The smallest absolute Gasteiger partial charge is 0.194 e. The number of ether oxygens (including phenoxy) is 1. The van der Waals surface area contributed by atoms with E-state index in [2.05, 4.69) is 58.7 Å². The molecule has 2 aromatic rings. The third-order valence-electron chi connectivity index (χ3n) is 4.87. The Morgan fingerprint density at radius 2 is 2.26 bits per heavy atom. The molecule has 1 aliphatic heterocycles. The molecule has 0 spiro atoms. The Bertz CT molecular complexity index is 741. The Kier molecular flexibility index (Phi) is 6.87. The van der Waals surface area contributed by atoms with Gasteiger partial charge in [0.05, 0.1) is 19.5 Å². The number of morpholine rings is 1. The standard InChI is InChI=1S/C21H31N5O/c1-4-23-21(24-8-5-10-25-11-9-22-16-25)26-12-13-27-20(15-26)19-7-6-17(2)14-18(19)3/h6-7,9,11,14,16,20H,4-5,8,10,12-13,15H2,1-3H3,(H,23,24). The summed E-state index contributed by atoms with van der Waals surface area (Å²) in [5.41, 5.74) is 3.86. The predicted octanol–water partition coefficient (Wildman–Crippen LogP) is 2.93. The molecule has 1 saturated heterocycles. The van der Waals surface area contributed by atoms with Crippen LogP contribution in [-0.4, -0.2) is 53.2 Å². The lowest BCUT2D eigenvalue weighted by Gasteiger charge is -2.36. The molecule has 1 aromatic heterocycles. The van der Waals surface area contributed by atoms with Crippen LogP contribution >= 0.6 is 0 Å². The first kappa shape index (κ1) is 19.4. The fraction of sp³-hybridized carbons (Fsp3) is 0.524. The number of benzene rings is 1. The lowest BCUT2D eigenvalue weighted by Crippen LogP contribution is -2.48. The number of nitrogens with zero attached hydrogens (tertiary/aromatic N) is 4. The van der Waals surface area contributed by atoms with Crippen LogP contribution in [0.25, 0.3) is 0 Å². The van der Waals surface area contributed by atoms with Gasteiger partial charge in [0.15, 0.2) is 5.96 Å². The highest BCUT2D eigenvalue weighted by Gasteiger charge is 2.25. The topological polar surface area (TPSA) is 54.7 Å². The van der Waals surface area contributed by atoms with E-state index in [9.17, 15) is 0 Å². The van der Waals surface area contributed by atoms with Crippen molar-refractivity contribution in [2.45, 2.75) is 39.8 Å². The maximum absolute atomic E-state index is 6.08. The van der Waals surface area contributed by atoms with Gasteiger partial charge in [-0.1, -0.05) is 23.8 Å². The molecule has 2 heterocycles. The molecule has 3 rings (SSSR count). The van der Waals surface area contributed by atoms with Gasteiger partial charge in [0.1, 0.15) is 6.10 Å². The third-order valence-corrected chi connectivity index (χ3v) is 4.87. The van der Waals surface area contributed by atoms with E-state index >= 15 is 0 Å². The summed E-state index contributed by atoms with van der Waals surface area (Å²) in [4.78, 5) is 11.3. The van der Waals surface area contributed by atoms with Gasteiger partial charge in [-0.15, -0.1) is 0 Å². The number of aryl methyl sites for hydroxylation is 3. The van der Waals surface area contributed by atoms with Gasteiger partial charge in [0.2, 0.25) is 0 Å². The molecule has 1 fully saturated rings. The van der Waals surface area contributed by atoms with Crippen molar-refractivity contribution in [3.05, 3.63) is 53.6 Å². The molecular formula is C21H31N5O. The Balaban J connectivity index is 1.62. The van der Waals surface area contributed by atoms with Crippen LogP contribution in [0.4, 0.5) is 0 Å². The molecule has 1 aromatic carbocycles. The summed E-state index contributed by atoms with van der Waals surface area (Å²) >= 11 is 0. The summed E-state index contributed by atoms with van der Waals surface area (Å²) in [7, 11) is 0. The number of imidazole rings is 1. The van der Waals surface area contributed by atoms with Crippen LogP contribution in [0, 0.1) is 13.8 Å². The highest BCUT2D eigenvalue weighted by atomic mass is 16.5. The molecule has 146 valence electrons. The first-order chi connectivity index (χ1) is 13.2. The largest absolute Gasteiger partial charge is 0.370 e. The van der Waals surface area contributed by atoms with Crippen LogP contribution in [0.3, 0.4) is 0 Å². The summed E-state index contributed by atoms with van der Waals surface area (Å²) in [5, 5.41) is 3.44. The van der Waals surface area contributed by atoms with E-state index in [0.717, 1.165) is 51.7 Å². The van der Waals surface area contributed by atoms with Crippen LogP contribution in [-0.2, 0) is 11.3 Å². The number of aliphatic imine (C=N–C) groups is 1. The molecule has 27 heavy (non-hydrogen) atoms. The molecule has 0 aliphatic carbocycles. The van der Waals surface area contributed by atoms with Gasteiger partial charge < -0.3 is 19.5 Å². The molecule has 6 nitrogen and oxygen atoms in total. The second-order valence-electron chi connectivity index (χ2n) is 7.06. The van der Waals surface area contributed by atoms with E-state index in [1.807, 2.05) is 18.7 Å². The minimum Gasteiger partial charge on any atom is -0.370 e. The van der Waals surface area contributed by atoms with Crippen molar-refractivity contribution in [3.63, 3.8) is 0 Å². The molecular weight excluding hydrogens is 338 g/mol. The van der Waals surface area contributed by atoms with Crippen molar-refractivity contribution in [1.29, 1.82) is 0 Å². The van der Waals surface area contributed by atoms with Crippen molar-refractivity contribution in [3.8, 4) is 0 Å². The number of nitrogens with one attached hydrogen (secondary N) is 1. The van der Waals surface area contributed by atoms with Gasteiger partial charge >= 0.3 is 0 Å². The molecule has 1 unspecified atom stereocenters. The van der Waals surface area contributed by atoms with Gasteiger partial charge in [0.25, 0.3) is 0 Å². The quantitative estimate of drug-likeness (QED) is 0.483. The van der Waals surface area contributed by atoms with E-state index in [1.165, 1.54) is 16.7 Å². The fourth-order valence-electron chi connectivity index (χ4n) is 3.50. The van der Waals surface area contributed by atoms with Crippen molar-refractivity contribution >= 4 is 5.96 Å². The zero-order chi connectivity index (χ0) is 19.1. The third kappa shape index (κ3) is 5.32. The van der Waals surface area contributed by atoms with Crippen LogP contribution in [0.1, 0.15) is 36.1 Å².